The molecule has 0 amide bonds. The molecule has 1 aromatic heterocycles. The third-order valence-electron chi connectivity index (χ3n) is 5.65. The maximum Gasteiger partial charge on any atom is 0.276 e. The summed E-state index contributed by atoms with van der Waals surface area (Å²) in [6.45, 7) is 5.07. The number of hydrogen-bond donors (Lipinski definition) is 0. The van der Waals surface area contributed by atoms with Gasteiger partial charge in [0.15, 0.2) is 0 Å². The molecule has 3 saturated heterocycles. The van der Waals surface area contributed by atoms with E-state index in [2.05, 4.69) is 4.90 Å². The monoisotopic (exact) mass is 398 g/mol. The molecular weight excluding hydrogens is 368 g/mol. The summed E-state index contributed by atoms with van der Waals surface area (Å²) in [5.74, 6) is 0.684. The lowest BCUT2D eigenvalue weighted by Crippen LogP contribution is -2.37. The lowest BCUT2D eigenvalue weighted by Gasteiger charge is -2.26. The van der Waals surface area contributed by atoms with Crippen LogP contribution in [-0.4, -0.2) is 69.2 Å². The Morgan fingerprint density at radius 1 is 0.963 bits per heavy atom. The van der Waals surface area contributed by atoms with Crippen LogP contribution in [0, 0.1) is 0 Å². The van der Waals surface area contributed by atoms with Gasteiger partial charge in [-0.15, -0.1) is 0 Å². The number of nitrogens with zero attached hydrogens (tertiary/aromatic N) is 2. The van der Waals surface area contributed by atoms with Crippen LogP contribution in [0.25, 0.3) is 0 Å². The van der Waals surface area contributed by atoms with E-state index in [9.17, 15) is 8.42 Å². The number of furan rings is 1. The van der Waals surface area contributed by atoms with Crippen molar-refractivity contribution in [2.45, 2.75) is 62.4 Å². The molecule has 0 spiro atoms. The SMILES string of the molecule is O=S(=O)(c1ccc(CN(CC2CCCO2)CC2CCCO2)o1)N1CCCC1. The standard InChI is InChI=1S/C19H30N2O5S/c22-27(23,21-9-1-2-10-21)19-8-7-18(26-19)15-20(13-16-5-3-11-24-16)14-17-6-4-12-25-17/h7-8,16-17H,1-6,9-15H2. The van der Waals surface area contributed by atoms with Crippen LogP contribution in [0.15, 0.2) is 21.6 Å². The summed E-state index contributed by atoms with van der Waals surface area (Å²) in [4.78, 5) is 2.29. The molecule has 0 radical (unpaired) electrons. The molecule has 3 fully saturated rings. The molecule has 2 atom stereocenters. The van der Waals surface area contributed by atoms with Crippen molar-refractivity contribution >= 4 is 10.0 Å². The molecule has 0 aromatic carbocycles. The summed E-state index contributed by atoms with van der Waals surface area (Å²) in [5, 5.41) is 0.0635. The van der Waals surface area contributed by atoms with Crippen LogP contribution < -0.4 is 0 Å². The van der Waals surface area contributed by atoms with Crippen molar-refractivity contribution in [3.8, 4) is 0 Å². The molecule has 0 bridgehead atoms. The zero-order chi connectivity index (χ0) is 18.7. The highest BCUT2D eigenvalue weighted by molar-refractivity contribution is 7.89. The smallest absolute Gasteiger partial charge is 0.276 e. The molecule has 4 rings (SSSR count). The minimum absolute atomic E-state index is 0.0635. The summed E-state index contributed by atoms with van der Waals surface area (Å²) in [7, 11) is -3.50. The molecular formula is C19H30N2O5S. The highest BCUT2D eigenvalue weighted by Gasteiger charge is 2.30. The van der Waals surface area contributed by atoms with Gasteiger partial charge in [0.05, 0.1) is 18.8 Å². The van der Waals surface area contributed by atoms with Crippen molar-refractivity contribution in [2.75, 3.05) is 39.4 Å². The van der Waals surface area contributed by atoms with Crippen LogP contribution in [0.2, 0.25) is 0 Å². The van der Waals surface area contributed by atoms with E-state index >= 15 is 0 Å². The van der Waals surface area contributed by atoms with Crippen molar-refractivity contribution in [3.05, 3.63) is 17.9 Å². The van der Waals surface area contributed by atoms with Gasteiger partial charge in [0, 0.05) is 39.4 Å². The molecule has 3 aliphatic rings. The van der Waals surface area contributed by atoms with Gasteiger partial charge in [0.1, 0.15) is 5.76 Å². The van der Waals surface area contributed by atoms with Gasteiger partial charge in [0.25, 0.3) is 10.0 Å². The van der Waals surface area contributed by atoms with Crippen molar-refractivity contribution in [3.63, 3.8) is 0 Å². The molecule has 27 heavy (non-hydrogen) atoms. The number of hydrogen-bond acceptors (Lipinski definition) is 6. The van der Waals surface area contributed by atoms with Crippen molar-refractivity contribution in [1.82, 2.24) is 9.21 Å². The van der Waals surface area contributed by atoms with Gasteiger partial charge in [-0.3, -0.25) is 4.90 Å². The third-order valence-corrected chi connectivity index (χ3v) is 7.42. The van der Waals surface area contributed by atoms with Gasteiger partial charge in [-0.05, 0) is 50.7 Å². The van der Waals surface area contributed by atoms with Crippen LogP contribution in [-0.2, 0) is 26.0 Å². The molecule has 7 nitrogen and oxygen atoms in total. The van der Waals surface area contributed by atoms with Crippen molar-refractivity contribution < 1.29 is 22.3 Å². The predicted octanol–water partition coefficient (Wildman–Crippen LogP) is 2.22. The van der Waals surface area contributed by atoms with Crippen LogP contribution in [0.4, 0.5) is 0 Å². The topological polar surface area (TPSA) is 72.2 Å². The van der Waals surface area contributed by atoms with Crippen molar-refractivity contribution in [1.29, 1.82) is 0 Å². The van der Waals surface area contributed by atoms with Gasteiger partial charge in [-0.1, -0.05) is 0 Å². The number of sulfonamides is 1. The first-order valence-corrected chi connectivity index (χ1v) is 11.6. The fourth-order valence-corrected chi connectivity index (χ4v) is 5.66. The van der Waals surface area contributed by atoms with Gasteiger partial charge < -0.3 is 13.9 Å². The fourth-order valence-electron chi connectivity index (χ4n) is 4.21. The quantitative estimate of drug-likeness (QED) is 0.669. The van der Waals surface area contributed by atoms with Crippen LogP contribution in [0.3, 0.4) is 0 Å². The lowest BCUT2D eigenvalue weighted by molar-refractivity contribution is 0.0318. The fraction of sp³-hybridized carbons (Fsp3) is 0.789. The first-order chi connectivity index (χ1) is 13.1. The molecule has 0 saturated carbocycles. The Labute approximate surface area is 161 Å². The first-order valence-electron chi connectivity index (χ1n) is 10.2. The predicted molar refractivity (Wildman–Crippen MR) is 99.9 cm³/mol. The number of rotatable bonds is 8. The second kappa shape index (κ2) is 8.61. The Morgan fingerprint density at radius 2 is 1.59 bits per heavy atom. The molecule has 0 N–H and O–H groups in total. The van der Waals surface area contributed by atoms with Crippen LogP contribution in [0.5, 0.6) is 0 Å². The van der Waals surface area contributed by atoms with Crippen molar-refractivity contribution in [2.24, 2.45) is 0 Å². The molecule has 2 unspecified atom stereocenters. The zero-order valence-electron chi connectivity index (χ0n) is 15.8. The highest BCUT2D eigenvalue weighted by atomic mass is 32.2. The zero-order valence-corrected chi connectivity index (χ0v) is 16.7. The first kappa shape index (κ1) is 19.4. The van der Waals surface area contributed by atoms with Gasteiger partial charge >= 0.3 is 0 Å². The van der Waals surface area contributed by atoms with E-state index < -0.39 is 10.0 Å². The summed E-state index contributed by atoms with van der Waals surface area (Å²) in [6, 6.07) is 3.39. The summed E-state index contributed by atoms with van der Waals surface area (Å²) in [5.41, 5.74) is 0. The lowest BCUT2D eigenvalue weighted by atomic mass is 10.2. The van der Waals surface area contributed by atoms with Gasteiger partial charge in [-0.25, -0.2) is 8.42 Å². The van der Waals surface area contributed by atoms with Gasteiger partial charge in [-0.2, -0.15) is 4.31 Å². The van der Waals surface area contributed by atoms with E-state index in [1.807, 2.05) is 0 Å². The summed E-state index contributed by atoms with van der Waals surface area (Å²) < 4.78 is 44.2. The molecule has 0 aliphatic carbocycles. The molecule has 4 heterocycles. The maximum absolute atomic E-state index is 12.7. The average Bonchev–Trinajstić information content (AvgIpc) is 3.43. The summed E-state index contributed by atoms with van der Waals surface area (Å²) in [6.07, 6.45) is 6.70. The summed E-state index contributed by atoms with van der Waals surface area (Å²) >= 11 is 0. The minimum Gasteiger partial charge on any atom is -0.447 e. The Morgan fingerprint density at radius 3 is 2.15 bits per heavy atom. The Hall–Kier alpha value is -0.930. The van der Waals surface area contributed by atoms with Crippen LogP contribution in [0.1, 0.15) is 44.3 Å². The van der Waals surface area contributed by atoms with E-state index in [0.717, 1.165) is 64.8 Å². The van der Waals surface area contributed by atoms with E-state index in [0.29, 0.717) is 25.4 Å². The Kier molecular flexibility index (Phi) is 6.18. The van der Waals surface area contributed by atoms with E-state index in [4.69, 9.17) is 13.9 Å². The molecule has 3 aliphatic heterocycles. The second-order valence-electron chi connectivity index (χ2n) is 7.80. The van der Waals surface area contributed by atoms with Gasteiger partial charge in [0.2, 0.25) is 5.09 Å². The Bertz CT molecular complexity index is 683. The normalized spacial score (nSPS) is 27.1. The molecule has 152 valence electrons. The Balaban J connectivity index is 1.42. The second-order valence-corrected chi connectivity index (χ2v) is 9.66. The van der Waals surface area contributed by atoms with E-state index in [1.165, 1.54) is 4.31 Å². The molecule has 8 heteroatoms. The largest absolute Gasteiger partial charge is 0.447 e. The van der Waals surface area contributed by atoms with E-state index in [-0.39, 0.29) is 17.3 Å². The number of ether oxygens (including phenoxy) is 2. The minimum atomic E-state index is -3.50. The average molecular weight is 399 g/mol. The third kappa shape index (κ3) is 4.74. The van der Waals surface area contributed by atoms with Crippen LogP contribution >= 0.6 is 0 Å². The molecule has 1 aromatic rings. The highest BCUT2D eigenvalue weighted by Crippen LogP contribution is 2.24. The van der Waals surface area contributed by atoms with E-state index in [1.54, 1.807) is 12.1 Å². The maximum atomic E-state index is 12.7.